The molecule has 0 bridgehead atoms. The van der Waals surface area contributed by atoms with E-state index in [9.17, 15) is 5.11 Å². The van der Waals surface area contributed by atoms with Crippen LogP contribution in [0.2, 0.25) is 0 Å². The van der Waals surface area contributed by atoms with Gasteiger partial charge in [-0.3, -0.25) is 0 Å². The van der Waals surface area contributed by atoms with E-state index >= 15 is 0 Å². The van der Waals surface area contributed by atoms with Crippen LogP contribution in [0, 0.1) is 11.8 Å². The number of hydrogen-bond donors (Lipinski definition) is 1. The number of ether oxygens (including phenoxy) is 5. The van der Waals surface area contributed by atoms with Crippen LogP contribution < -0.4 is 23.7 Å². The number of methoxy groups -OCH3 is 3. The fourth-order valence-electron chi connectivity index (χ4n) is 4.25. The molecule has 0 radical (unpaired) electrons. The fraction of sp³-hybridized carbons (Fsp3) is 0.455. The van der Waals surface area contributed by atoms with Gasteiger partial charge in [0, 0.05) is 11.1 Å². The Morgan fingerprint density at radius 2 is 1.50 bits per heavy atom. The first-order valence-electron chi connectivity index (χ1n) is 9.46. The molecule has 0 amide bonds. The molecule has 28 heavy (non-hydrogen) atoms. The predicted molar refractivity (Wildman–Crippen MR) is 105 cm³/mol. The number of aromatic hydroxyl groups is 1. The lowest BCUT2D eigenvalue weighted by molar-refractivity contribution is 0.171. The van der Waals surface area contributed by atoms with E-state index in [-0.39, 0.29) is 12.5 Å². The number of rotatable bonds is 3. The number of phenolic OH excluding ortho intramolecular Hbond substituents is 1. The first-order valence-corrected chi connectivity index (χ1v) is 9.46. The fourth-order valence-corrected chi connectivity index (χ4v) is 4.25. The Hall–Kier alpha value is -2.76. The topological polar surface area (TPSA) is 66.4 Å². The molecule has 2 atom stereocenters. The largest absolute Gasteiger partial charge is 0.504 e. The molecule has 0 spiro atoms. The van der Waals surface area contributed by atoms with E-state index in [1.54, 1.807) is 21.3 Å². The van der Waals surface area contributed by atoms with Crippen molar-refractivity contribution in [1.29, 1.82) is 0 Å². The number of hydrogen-bond acceptors (Lipinski definition) is 6. The average molecular weight is 386 g/mol. The average Bonchev–Trinajstić information content (AvgIpc) is 3.15. The molecular weight excluding hydrogens is 360 g/mol. The van der Waals surface area contributed by atoms with Crippen molar-refractivity contribution in [2.24, 2.45) is 11.8 Å². The smallest absolute Gasteiger partial charge is 0.231 e. The molecule has 4 rings (SSSR count). The molecule has 1 aliphatic heterocycles. The summed E-state index contributed by atoms with van der Waals surface area (Å²) in [6.45, 7) is 4.59. The highest BCUT2D eigenvalue weighted by molar-refractivity contribution is 5.88. The van der Waals surface area contributed by atoms with Crippen LogP contribution in [0.5, 0.6) is 34.5 Å². The second-order valence-corrected chi connectivity index (χ2v) is 7.54. The molecule has 2 aliphatic rings. The third-order valence-electron chi connectivity index (χ3n) is 5.94. The first kappa shape index (κ1) is 18.6. The molecule has 6 nitrogen and oxygen atoms in total. The SMILES string of the molecule is COc1cc2c(c(OC)c1OC)-c1c(cc3c(c1O)OCO3)C[C@H](C)[C@H](C)C2. The lowest BCUT2D eigenvalue weighted by atomic mass is 9.77. The minimum atomic E-state index is 0.0820. The Balaban J connectivity index is 2.10. The maximum atomic E-state index is 11.1. The monoisotopic (exact) mass is 386 g/mol. The van der Waals surface area contributed by atoms with Crippen LogP contribution in [-0.4, -0.2) is 33.2 Å². The summed E-state index contributed by atoms with van der Waals surface area (Å²) in [5.41, 5.74) is 3.59. The minimum Gasteiger partial charge on any atom is -0.504 e. The predicted octanol–water partition coefficient (Wildman–Crippen LogP) is 4.18. The molecule has 150 valence electrons. The lowest BCUT2D eigenvalue weighted by Crippen LogP contribution is -2.18. The highest BCUT2D eigenvalue weighted by atomic mass is 16.7. The molecule has 0 unspecified atom stereocenters. The maximum Gasteiger partial charge on any atom is 0.231 e. The quantitative estimate of drug-likeness (QED) is 0.853. The summed E-state index contributed by atoms with van der Waals surface area (Å²) < 4.78 is 28.0. The van der Waals surface area contributed by atoms with Crippen molar-refractivity contribution in [2.45, 2.75) is 26.7 Å². The van der Waals surface area contributed by atoms with Gasteiger partial charge in [-0.2, -0.15) is 0 Å². The summed E-state index contributed by atoms with van der Waals surface area (Å²) in [5.74, 6) is 3.56. The van der Waals surface area contributed by atoms with Gasteiger partial charge in [0.15, 0.2) is 23.0 Å². The van der Waals surface area contributed by atoms with Crippen LogP contribution >= 0.6 is 0 Å². The summed E-state index contributed by atoms with van der Waals surface area (Å²) in [6.07, 6.45) is 1.65. The van der Waals surface area contributed by atoms with Crippen molar-refractivity contribution in [1.82, 2.24) is 0 Å². The summed E-state index contributed by atoms with van der Waals surface area (Å²) in [4.78, 5) is 0. The Morgan fingerprint density at radius 3 is 2.11 bits per heavy atom. The van der Waals surface area contributed by atoms with Crippen LogP contribution in [0.15, 0.2) is 12.1 Å². The zero-order chi connectivity index (χ0) is 20.0. The molecule has 0 saturated carbocycles. The second-order valence-electron chi connectivity index (χ2n) is 7.54. The molecule has 6 heteroatoms. The third-order valence-corrected chi connectivity index (χ3v) is 5.94. The zero-order valence-electron chi connectivity index (χ0n) is 16.9. The second kappa shape index (κ2) is 7.00. The molecule has 0 saturated heterocycles. The Kier molecular flexibility index (Phi) is 4.65. The molecule has 0 fully saturated rings. The van der Waals surface area contributed by atoms with Crippen molar-refractivity contribution in [3.8, 4) is 45.6 Å². The van der Waals surface area contributed by atoms with Gasteiger partial charge in [0.05, 0.1) is 21.3 Å². The van der Waals surface area contributed by atoms with Crippen molar-refractivity contribution in [2.75, 3.05) is 28.1 Å². The van der Waals surface area contributed by atoms with Gasteiger partial charge in [0.25, 0.3) is 0 Å². The van der Waals surface area contributed by atoms with Gasteiger partial charge in [0.2, 0.25) is 18.3 Å². The molecule has 0 aromatic heterocycles. The van der Waals surface area contributed by atoms with E-state index in [4.69, 9.17) is 23.7 Å². The van der Waals surface area contributed by atoms with E-state index in [0.717, 1.165) is 35.1 Å². The van der Waals surface area contributed by atoms with E-state index in [0.29, 0.717) is 40.6 Å². The molecular formula is C22H26O6. The minimum absolute atomic E-state index is 0.0820. The molecule has 2 aromatic rings. The van der Waals surface area contributed by atoms with Crippen molar-refractivity contribution in [3.05, 3.63) is 23.3 Å². The highest BCUT2D eigenvalue weighted by Gasteiger charge is 2.33. The third kappa shape index (κ3) is 2.70. The maximum absolute atomic E-state index is 11.1. The van der Waals surface area contributed by atoms with Crippen molar-refractivity contribution in [3.63, 3.8) is 0 Å². The van der Waals surface area contributed by atoms with Crippen LogP contribution in [0.4, 0.5) is 0 Å². The van der Waals surface area contributed by atoms with Crippen LogP contribution in [-0.2, 0) is 12.8 Å². The van der Waals surface area contributed by atoms with Crippen LogP contribution in [0.25, 0.3) is 11.1 Å². The molecule has 1 N–H and O–H groups in total. The van der Waals surface area contributed by atoms with Crippen LogP contribution in [0.3, 0.4) is 0 Å². The summed E-state index contributed by atoms with van der Waals surface area (Å²) in [6, 6.07) is 3.96. The normalized spacial score (nSPS) is 19.9. The lowest BCUT2D eigenvalue weighted by Gasteiger charge is -2.29. The number of fused-ring (bicyclic) bond motifs is 4. The molecule has 1 aliphatic carbocycles. The van der Waals surface area contributed by atoms with E-state index in [1.807, 2.05) is 12.1 Å². The number of phenols is 1. The van der Waals surface area contributed by atoms with E-state index < -0.39 is 0 Å². The van der Waals surface area contributed by atoms with Crippen molar-refractivity contribution < 1.29 is 28.8 Å². The van der Waals surface area contributed by atoms with Crippen LogP contribution in [0.1, 0.15) is 25.0 Å². The summed E-state index contributed by atoms with van der Waals surface area (Å²) in [7, 11) is 4.80. The van der Waals surface area contributed by atoms with Gasteiger partial charge in [-0.15, -0.1) is 0 Å². The van der Waals surface area contributed by atoms with Gasteiger partial charge in [-0.1, -0.05) is 13.8 Å². The summed E-state index contributed by atoms with van der Waals surface area (Å²) in [5, 5.41) is 11.1. The van der Waals surface area contributed by atoms with Gasteiger partial charge in [-0.25, -0.2) is 0 Å². The Bertz CT molecular complexity index is 920. The Morgan fingerprint density at radius 1 is 0.857 bits per heavy atom. The van der Waals surface area contributed by atoms with Crippen molar-refractivity contribution >= 4 is 0 Å². The highest BCUT2D eigenvalue weighted by Crippen LogP contribution is 2.56. The van der Waals surface area contributed by atoms with Gasteiger partial charge >= 0.3 is 0 Å². The van der Waals surface area contributed by atoms with Gasteiger partial charge in [-0.05, 0) is 47.9 Å². The standard InChI is InChI=1S/C22H26O6/c1-11-6-13-9-16-20(28-10-27-16)19(23)17(13)18-14(7-12(11)2)8-15(24-3)21(25-4)22(18)26-5/h8-9,11-12,23H,6-7,10H2,1-5H3/t11-,12+/m0/s1. The Labute approximate surface area is 164 Å². The van der Waals surface area contributed by atoms with Gasteiger partial charge < -0.3 is 28.8 Å². The zero-order valence-corrected chi connectivity index (χ0v) is 16.9. The van der Waals surface area contributed by atoms with E-state index in [1.165, 1.54) is 0 Å². The van der Waals surface area contributed by atoms with E-state index in [2.05, 4.69) is 13.8 Å². The first-order chi connectivity index (χ1) is 13.5. The van der Waals surface area contributed by atoms with Gasteiger partial charge in [0.1, 0.15) is 0 Å². The number of benzene rings is 2. The molecule has 1 heterocycles. The summed E-state index contributed by atoms with van der Waals surface area (Å²) >= 11 is 0. The molecule has 2 aromatic carbocycles.